The van der Waals surface area contributed by atoms with Crippen LogP contribution in [0.1, 0.15) is 104 Å². The number of benzene rings is 1. The highest BCUT2D eigenvalue weighted by Gasteiger charge is 2.36. The number of oxazole rings is 1. The number of carbonyl (C=O) groups excluding carboxylic acids is 3. The number of ether oxygens (including phenoxy) is 1. The molecule has 5 aromatic rings. The fourth-order valence-corrected chi connectivity index (χ4v) is 8.97. The quantitative estimate of drug-likeness (QED) is 0.0674. The molecule has 1 atom stereocenters. The Morgan fingerprint density at radius 3 is 2.57 bits per heavy atom. The fourth-order valence-electron chi connectivity index (χ4n) is 8.97. The Kier molecular flexibility index (Phi) is 13.5. The molecule has 1 aliphatic heterocycles. The number of nitrogens with one attached hydrogen (secondary N) is 2. The zero-order chi connectivity index (χ0) is 44.2. The van der Waals surface area contributed by atoms with E-state index in [0.717, 1.165) is 74.1 Å². The van der Waals surface area contributed by atoms with Gasteiger partial charge in [-0.3, -0.25) is 33.1 Å². The summed E-state index contributed by atoms with van der Waals surface area (Å²) < 4.78 is 44.6. The van der Waals surface area contributed by atoms with E-state index in [4.69, 9.17) is 9.15 Å². The van der Waals surface area contributed by atoms with Crippen LogP contribution in [-0.4, -0.2) is 103 Å². The van der Waals surface area contributed by atoms with E-state index in [2.05, 4.69) is 37.6 Å². The highest BCUT2D eigenvalue weighted by molar-refractivity contribution is 6.03. The summed E-state index contributed by atoms with van der Waals surface area (Å²) in [7, 11) is 5.30. The van der Waals surface area contributed by atoms with E-state index in [-0.39, 0.29) is 47.2 Å². The molecule has 18 heteroatoms. The Morgan fingerprint density at radius 2 is 1.79 bits per heavy atom. The van der Waals surface area contributed by atoms with E-state index in [0.29, 0.717) is 54.8 Å². The van der Waals surface area contributed by atoms with Crippen LogP contribution in [0.15, 0.2) is 58.2 Å². The SMILES string of the molecule is CN(CCCOCCCc1cccc2c1n(C)c(=O)n2C1CCC(=O)N(C)C1=O)C[C@H]1CC[C@H](n2cc(NC(=O)c3coc(-c4ccnc(NCC5CC5)c4)n3)c(C(F)F)n2)CC1. The monoisotopic (exact) mass is 870 g/mol. The molecule has 3 fully saturated rings. The van der Waals surface area contributed by atoms with Crippen molar-refractivity contribution < 1.29 is 32.3 Å². The molecule has 2 N–H and O–H groups in total. The van der Waals surface area contributed by atoms with Crippen LogP contribution in [0.5, 0.6) is 0 Å². The normalized spacial score (nSPS) is 19.5. The first kappa shape index (κ1) is 43.9. The highest BCUT2D eigenvalue weighted by Crippen LogP contribution is 2.36. The second-order valence-electron chi connectivity index (χ2n) is 17.3. The second kappa shape index (κ2) is 19.3. The number of imidazole rings is 1. The number of anilines is 2. The Hall–Kier alpha value is -5.75. The maximum Gasteiger partial charge on any atom is 0.329 e. The number of halogens is 2. The van der Waals surface area contributed by atoms with Crippen molar-refractivity contribution in [3.05, 3.63) is 76.4 Å². The van der Waals surface area contributed by atoms with Gasteiger partial charge in [0.05, 0.1) is 22.8 Å². The third-order valence-electron chi connectivity index (χ3n) is 12.7. The smallest absolute Gasteiger partial charge is 0.329 e. The Morgan fingerprint density at radius 1 is 1.02 bits per heavy atom. The van der Waals surface area contributed by atoms with Crippen molar-refractivity contribution in [2.24, 2.45) is 18.9 Å². The Bertz CT molecular complexity index is 2480. The molecule has 16 nitrogen and oxygen atoms in total. The maximum atomic E-state index is 14.1. The number of aryl methyl sites for hydroxylation is 2. The summed E-state index contributed by atoms with van der Waals surface area (Å²) in [6, 6.07) is 8.54. The number of aromatic nitrogens is 6. The molecular formula is C45H56F2N10O6. The van der Waals surface area contributed by atoms with Crippen LogP contribution in [0.25, 0.3) is 22.5 Å². The van der Waals surface area contributed by atoms with Gasteiger partial charge in [-0.15, -0.1) is 0 Å². The molecule has 1 unspecified atom stereocenters. The van der Waals surface area contributed by atoms with Gasteiger partial charge in [-0.1, -0.05) is 12.1 Å². The number of carbonyl (C=O) groups is 3. The average Bonchev–Trinajstić information content (AvgIpc) is 3.68. The fraction of sp³-hybridized carbons (Fsp3) is 0.533. The lowest BCUT2D eigenvalue weighted by atomic mass is 9.86. The first-order valence-electron chi connectivity index (χ1n) is 22.0. The average molecular weight is 871 g/mol. The predicted octanol–water partition coefficient (Wildman–Crippen LogP) is 6.62. The summed E-state index contributed by atoms with van der Waals surface area (Å²) in [5.41, 5.74) is 2.33. The van der Waals surface area contributed by atoms with Crippen molar-refractivity contribution >= 4 is 40.3 Å². The van der Waals surface area contributed by atoms with E-state index < -0.39 is 24.1 Å². The number of likely N-dealkylation sites (tertiary alicyclic amines) is 1. The minimum Gasteiger partial charge on any atom is -0.444 e. The van der Waals surface area contributed by atoms with Gasteiger partial charge in [0.25, 0.3) is 18.2 Å². The van der Waals surface area contributed by atoms with Gasteiger partial charge in [0, 0.05) is 71.3 Å². The van der Waals surface area contributed by atoms with Crippen LogP contribution in [0.4, 0.5) is 20.3 Å². The molecule has 2 saturated carbocycles. The van der Waals surface area contributed by atoms with Crippen LogP contribution in [0.2, 0.25) is 0 Å². The molecule has 1 aromatic carbocycles. The molecule has 8 rings (SSSR count). The summed E-state index contributed by atoms with van der Waals surface area (Å²) in [4.78, 5) is 63.6. The number of fused-ring (bicyclic) bond motifs is 1. The lowest BCUT2D eigenvalue weighted by molar-refractivity contribution is -0.149. The van der Waals surface area contributed by atoms with E-state index >= 15 is 0 Å². The van der Waals surface area contributed by atoms with Crippen molar-refractivity contribution in [2.45, 2.75) is 89.1 Å². The molecule has 2 aliphatic carbocycles. The maximum absolute atomic E-state index is 14.1. The van der Waals surface area contributed by atoms with Crippen LogP contribution < -0.4 is 16.3 Å². The number of alkyl halides is 2. The van der Waals surface area contributed by atoms with Gasteiger partial charge in [0.15, 0.2) is 11.4 Å². The minimum atomic E-state index is -2.87. The lowest BCUT2D eigenvalue weighted by Gasteiger charge is -2.31. The summed E-state index contributed by atoms with van der Waals surface area (Å²) in [5, 5.41) is 10.1. The molecule has 0 spiro atoms. The molecule has 4 aromatic heterocycles. The van der Waals surface area contributed by atoms with Gasteiger partial charge in [-0.2, -0.15) is 5.10 Å². The van der Waals surface area contributed by atoms with Crippen LogP contribution in [-0.2, 0) is 27.8 Å². The highest BCUT2D eigenvalue weighted by atomic mass is 19.3. The lowest BCUT2D eigenvalue weighted by Crippen LogP contribution is -2.45. The van der Waals surface area contributed by atoms with Gasteiger partial charge >= 0.3 is 5.69 Å². The Balaban J connectivity index is 0.753. The van der Waals surface area contributed by atoms with Crippen molar-refractivity contribution in [2.75, 3.05) is 57.6 Å². The van der Waals surface area contributed by atoms with Gasteiger partial charge in [-0.05, 0) is 107 Å². The number of piperidine rings is 1. The number of hydrogen-bond donors (Lipinski definition) is 2. The Labute approximate surface area is 364 Å². The number of rotatable bonds is 19. The molecule has 3 aliphatic rings. The van der Waals surface area contributed by atoms with Crippen LogP contribution >= 0.6 is 0 Å². The van der Waals surface area contributed by atoms with E-state index in [1.54, 1.807) is 34.6 Å². The predicted molar refractivity (Wildman–Crippen MR) is 232 cm³/mol. The number of likely N-dealkylation sites (N-methyl/N-ethyl adjacent to an activating group) is 1. The van der Waals surface area contributed by atoms with E-state index in [1.807, 2.05) is 18.2 Å². The largest absolute Gasteiger partial charge is 0.444 e. The number of imide groups is 1. The van der Waals surface area contributed by atoms with Crippen molar-refractivity contribution in [3.8, 4) is 11.5 Å². The zero-order valence-corrected chi connectivity index (χ0v) is 36.1. The molecule has 63 heavy (non-hydrogen) atoms. The topological polar surface area (TPSA) is 175 Å². The number of hydrogen-bond acceptors (Lipinski definition) is 11. The first-order chi connectivity index (χ1) is 30.4. The van der Waals surface area contributed by atoms with Gasteiger partial charge in [0.2, 0.25) is 11.8 Å². The van der Waals surface area contributed by atoms with Crippen molar-refractivity contribution in [1.82, 2.24) is 38.7 Å². The molecule has 1 saturated heterocycles. The zero-order valence-electron chi connectivity index (χ0n) is 36.1. The molecule has 5 heterocycles. The van der Waals surface area contributed by atoms with Crippen molar-refractivity contribution in [1.29, 1.82) is 0 Å². The van der Waals surface area contributed by atoms with E-state index in [9.17, 15) is 28.0 Å². The number of nitrogens with zero attached hydrogens (tertiary/aromatic N) is 8. The summed E-state index contributed by atoms with van der Waals surface area (Å²) in [6.45, 7) is 3.85. The standard InChI is InChI=1S/C45H56F2N10O6/c1-53(20-6-22-62-21-5-8-30-7-4-9-35-40(30)55(3)45(61)57(35)36-16-17-38(58)54(2)44(36)60)25-29-12-14-32(15-13-29)56-26-33(39(52-56)41(46)47)50-42(59)34-27-63-43(51-34)31-18-19-48-37(23-31)49-24-28-10-11-28/h4,7,9,18-19,23,26-29,32,36,41H,5-6,8,10-17,20-22,24-25H2,1-3H3,(H,48,49)(H,50,59)/t29-,32-,36?. The summed E-state index contributed by atoms with van der Waals surface area (Å²) in [5.74, 6) is 0.800. The number of amides is 3. The number of para-hydroxylation sites is 1. The molecule has 336 valence electrons. The van der Waals surface area contributed by atoms with Crippen molar-refractivity contribution in [3.63, 3.8) is 0 Å². The summed E-state index contributed by atoms with van der Waals surface area (Å²) in [6.07, 6.45) is 10.2. The van der Waals surface area contributed by atoms with Gasteiger partial charge < -0.3 is 24.7 Å². The molecule has 0 bridgehead atoms. The van der Waals surface area contributed by atoms with Gasteiger partial charge in [0.1, 0.15) is 18.1 Å². The first-order valence-corrected chi connectivity index (χ1v) is 22.0. The van der Waals surface area contributed by atoms with E-state index in [1.165, 1.54) is 36.9 Å². The van der Waals surface area contributed by atoms with Crippen LogP contribution in [0, 0.1) is 11.8 Å². The van der Waals surface area contributed by atoms with Crippen LogP contribution in [0.3, 0.4) is 0 Å². The third-order valence-corrected chi connectivity index (χ3v) is 12.7. The second-order valence-corrected chi connectivity index (χ2v) is 17.3. The minimum absolute atomic E-state index is 0.0322. The third kappa shape index (κ3) is 10.1. The van der Waals surface area contributed by atoms with Gasteiger partial charge in [-0.25, -0.2) is 23.5 Å². The molecule has 3 amide bonds. The molecule has 0 radical (unpaired) electrons. The number of pyridine rings is 1. The summed E-state index contributed by atoms with van der Waals surface area (Å²) >= 11 is 0. The molecular weight excluding hydrogens is 815 g/mol.